The molecule has 5 heteroatoms. The van der Waals surface area contributed by atoms with E-state index >= 15 is 0 Å². The first kappa shape index (κ1) is 12.9. The van der Waals surface area contributed by atoms with Crippen molar-refractivity contribution >= 4 is 23.0 Å². The molecular formula is C13H15ClN2O2. The van der Waals surface area contributed by atoms with Crippen molar-refractivity contribution in [1.29, 1.82) is 0 Å². The molecule has 0 spiro atoms. The molecule has 0 aromatic heterocycles. The summed E-state index contributed by atoms with van der Waals surface area (Å²) in [5.41, 5.74) is 1.82. The molecule has 18 heavy (non-hydrogen) atoms. The fourth-order valence-electron chi connectivity index (χ4n) is 2.11. The predicted octanol–water partition coefficient (Wildman–Crippen LogP) is 4.51. The molecule has 0 saturated heterocycles. The highest BCUT2D eigenvalue weighted by molar-refractivity contribution is 6.30. The third-order valence-electron chi connectivity index (χ3n) is 3.08. The second kappa shape index (κ2) is 5.87. The van der Waals surface area contributed by atoms with E-state index < -0.39 is 4.92 Å². The second-order valence-electron chi connectivity index (χ2n) is 4.43. The quantitative estimate of drug-likeness (QED) is 0.647. The summed E-state index contributed by atoms with van der Waals surface area (Å²) in [6.45, 7) is 0. The number of nitro groups is 1. The van der Waals surface area contributed by atoms with Crippen LogP contribution in [-0.4, -0.2) is 4.92 Å². The van der Waals surface area contributed by atoms with Crippen LogP contribution in [0.25, 0.3) is 0 Å². The molecule has 0 heterocycles. The van der Waals surface area contributed by atoms with E-state index in [1.54, 1.807) is 12.1 Å². The van der Waals surface area contributed by atoms with Gasteiger partial charge in [0.15, 0.2) is 0 Å². The topological polar surface area (TPSA) is 55.2 Å². The Balaban J connectivity index is 2.15. The average Bonchev–Trinajstić information content (AvgIpc) is 2.38. The lowest BCUT2D eigenvalue weighted by atomic mass is 9.96. The van der Waals surface area contributed by atoms with Gasteiger partial charge in [-0.1, -0.05) is 23.6 Å². The minimum absolute atomic E-state index is 0.00941. The van der Waals surface area contributed by atoms with E-state index in [0.717, 1.165) is 12.8 Å². The smallest absolute Gasteiger partial charge is 0.294 e. The fourth-order valence-corrected chi connectivity index (χ4v) is 2.27. The Kier molecular flexibility index (Phi) is 4.20. The first-order valence-corrected chi connectivity index (χ1v) is 6.43. The van der Waals surface area contributed by atoms with Crippen molar-refractivity contribution < 1.29 is 4.92 Å². The van der Waals surface area contributed by atoms with Gasteiger partial charge in [0.05, 0.1) is 4.92 Å². The van der Waals surface area contributed by atoms with Crippen LogP contribution in [0.1, 0.15) is 32.1 Å². The number of rotatable bonds is 3. The van der Waals surface area contributed by atoms with Gasteiger partial charge in [0, 0.05) is 17.3 Å². The second-order valence-corrected chi connectivity index (χ2v) is 4.86. The van der Waals surface area contributed by atoms with Gasteiger partial charge in [-0.3, -0.25) is 10.1 Å². The minimum Gasteiger partial charge on any atom is -0.356 e. The zero-order valence-corrected chi connectivity index (χ0v) is 10.7. The number of halogens is 1. The number of nitro benzene ring substituents is 1. The van der Waals surface area contributed by atoms with Crippen molar-refractivity contribution in [2.24, 2.45) is 0 Å². The number of nitrogens with zero attached hydrogens (tertiary/aromatic N) is 1. The lowest BCUT2D eigenvalue weighted by Crippen LogP contribution is -2.00. The van der Waals surface area contributed by atoms with Crippen LogP contribution >= 0.6 is 11.6 Å². The lowest BCUT2D eigenvalue weighted by Gasteiger charge is -2.13. The van der Waals surface area contributed by atoms with Gasteiger partial charge in [-0.15, -0.1) is 0 Å². The van der Waals surface area contributed by atoms with Crippen molar-refractivity contribution in [3.63, 3.8) is 0 Å². The van der Waals surface area contributed by atoms with Crippen LogP contribution in [0.3, 0.4) is 0 Å². The van der Waals surface area contributed by atoms with Gasteiger partial charge in [0.1, 0.15) is 5.69 Å². The normalized spacial score (nSPS) is 15.3. The molecule has 0 bridgehead atoms. The molecule has 96 valence electrons. The Hall–Kier alpha value is -1.55. The number of allylic oxidation sites excluding steroid dienone is 1. The van der Waals surface area contributed by atoms with Crippen LogP contribution < -0.4 is 5.32 Å². The number of nitrogens with one attached hydrogen (secondary N) is 1. The summed E-state index contributed by atoms with van der Waals surface area (Å²) in [7, 11) is 0. The summed E-state index contributed by atoms with van der Waals surface area (Å²) in [6, 6.07) is 4.65. The molecule has 1 aliphatic rings. The van der Waals surface area contributed by atoms with E-state index in [2.05, 4.69) is 5.32 Å². The molecule has 0 amide bonds. The largest absolute Gasteiger partial charge is 0.356 e. The zero-order valence-electron chi connectivity index (χ0n) is 9.99. The maximum Gasteiger partial charge on any atom is 0.294 e. The standard InChI is InChI=1S/C13H15ClN2O2/c14-11-6-7-12(13(8-11)16(17)18)15-9-10-4-2-1-3-5-10/h6-9,15H,1-5H2. The highest BCUT2D eigenvalue weighted by atomic mass is 35.5. The third-order valence-corrected chi connectivity index (χ3v) is 3.32. The molecule has 1 aromatic rings. The van der Waals surface area contributed by atoms with Gasteiger partial charge in [-0.2, -0.15) is 0 Å². The van der Waals surface area contributed by atoms with Crippen molar-refractivity contribution in [3.8, 4) is 0 Å². The first-order valence-electron chi connectivity index (χ1n) is 6.05. The van der Waals surface area contributed by atoms with Crippen LogP contribution in [0.2, 0.25) is 5.02 Å². The number of benzene rings is 1. The SMILES string of the molecule is O=[N+]([O-])c1cc(Cl)ccc1NC=C1CCCCC1. The van der Waals surface area contributed by atoms with Gasteiger partial charge in [0.2, 0.25) is 0 Å². The molecule has 1 aliphatic carbocycles. The summed E-state index contributed by atoms with van der Waals surface area (Å²) in [6.07, 6.45) is 7.74. The van der Waals surface area contributed by atoms with E-state index in [-0.39, 0.29) is 5.69 Å². The average molecular weight is 267 g/mol. The number of hydrogen-bond donors (Lipinski definition) is 1. The molecule has 1 N–H and O–H groups in total. The Morgan fingerprint density at radius 3 is 2.67 bits per heavy atom. The summed E-state index contributed by atoms with van der Waals surface area (Å²) in [5, 5.41) is 14.3. The van der Waals surface area contributed by atoms with Gasteiger partial charge >= 0.3 is 0 Å². The van der Waals surface area contributed by atoms with Gasteiger partial charge in [-0.25, -0.2) is 0 Å². The molecule has 4 nitrogen and oxygen atoms in total. The summed E-state index contributed by atoms with van der Waals surface area (Å²) in [5.74, 6) is 0. The molecule has 0 unspecified atom stereocenters. The van der Waals surface area contributed by atoms with Gasteiger partial charge in [0.25, 0.3) is 5.69 Å². The molecule has 2 rings (SSSR count). The molecule has 1 saturated carbocycles. The summed E-state index contributed by atoms with van der Waals surface area (Å²) in [4.78, 5) is 10.5. The first-order chi connectivity index (χ1) is 8.66. The maximum absolute atomic E-state index is 10.9. The van der Waals surface area contributed by atoms with E-state index in [4.69, 9.17) is 11.6 Å². The van der Waals surface area contributed by atoms with Crippen molar-refractivity contribution in [2.75, 3.05) is 5.32 Å². The number of hydrogen-bond acceptors (Lipinski definition) is 3. The third kappa shape index (κ3) is 3.23. The summed E-state index contributed by atoms with van der Waals surface area (Å²) < 4.78 is 0. The van der Waals surface area contributed by atoms with E-state index in [1.807, 2.05) is 6.20 Å². The van der Waals surface area contributed by atoms with Crippen LogP contribution in [0.4, 0.5) is 11.4 Å². The molecular weight excluding hydrogens is 252 g/mol. The van der Waals surface area contributed by atoms with E-state index in [1.165, 1.54) is 30.9 Å². The molecule has 1 fully saturated rings. The van der Waals surface area contributed by atoms with Crippen LogP contribution in [0, 0.1) is 10.1 Å². The lowest BCUT2D eigenvalue weighted by molar-refractivity contribution is -0.383. The van der Waals surface area contributed by atoms with Crippen LogP contribution in [0.15, 0.2) is 30.0 Å². The Bertz CT molecular complexity index is 478. The summed E-state index contributed by atoms with van der Waals surface area (Å²) >= 11 is 5.76. The van der Waals surface area contributed by atoms with Gasteiger partial charge < -0.3 is 5.32 Å². The minimum atomic E-state index is -0.423. The fraction of sp³-hybridized carbons (Fsp3) is 0.385. The van der Waals surface area contributed by atoms with Crippen LogP contribution in [-0.2, 0) is 0 Å². The predicted molar refractivity (Wildman–Crippen MR) is 72.9 cm³/mol. The van der Waals surface area contributed by atoms with Crippen molar-refractivity contribution in [2.45, 2.75) is 32.1 Å². The number of anilines is 1. The molecule has 0 aliphatic heterocycles. The highest BCUT2D eigenvalue weighted by Gasteiger charge is 2.13. The molecule has 0 atom stereocenters. The van der Waals surface area contributed by atoms with Gasteiger partial charge in [-0.05, 0) is 37.8 Å². The molecule has 0 radical (unpaired) electrons. The van der Waals surface area contributed by atoms with E-state index in [9.17, 15) is 10.1 Å². The van der Waals surface area contributed by atoms with Crippen molar-refractivity contribution in [1.82, 2.24) is 0 Å². The Labute approximate surface area is 111 Å². The Morgan fingerprint density at radius 2 is 2.00 bits per heavy atom. The highest BCUT2D eigenvalue weighted by Crippen LogP contribution is 2.29. The Morgan fingerprint density at radius 1 is 1.28 bits per heavy atom. The maximum atomic E-state index is 10.9. The van der Waals surface area contributed by atoms with E-state index in [0.29, 0.717) is 10.7 Å². The van der Waals surface area contributed by atoms with Crippen LogP contribution in [0.5, 0.6) is 0 Å². The van der Waals surface area contributed by atoms with Crippen molar-refractivity contribution in [3.05, 3.63) is 45.1 Å². The monoisotopic (exact) mass is 266 g/mol. The molecule has 1 aromatic carbocycles. The zero-order chi connectivity index (χ0) is 13.0.